The molecular weight excluding hydrogens is 304 g/mol. The predicted molar refractivity (Wildman–Crippen MR) is 95.8 cm³/mol. The fraction of sp³-hybridized carbons (Fsp3) is 0.263. The largest absolute Gasteiger partial charge is 0.495 e. The molecule has 0 aliphatic rings. The van der Waals surface area contributed by atoms with Gasteiger partial charge in [0.25, 0.3) is 5.91 Å². The summed E-state index contributed by atoms with van der Waals surface area (Å²) in [5.74, 6) is 0.469. The lowest BCUT2D eigenvalue weighted by atomic mass is 10.0. The topological polar surface area (TPSA) is 67.4 Å². The van der Waals surface area contributed by atoms with E-state index < -0.39 is 0 Å². The number of hydrogen-bond acceptors (Lipinski definition) is 3. The molecule has 5 nitrogen and oxygen atoms in total. The van der Waals surface area contributed by atoms with Gasteiger partial charge in [-0.15, -0.1) is 0 Å². The van der Waals surface area contributed by atoms with Crippen LogP contribution in [0.15, 0.2) is 42.5 Å². The molecule has 2 amide bonds. The lowest BCUT2D eigenvalue weighted by Gasteiger charge is -2.12. The smallest absolute Gasteiger partial charge is 0.255 e. The van der Waals surface area contributed by atoms with E-state index in [4.69, 9.17) is 4.74 Å². The number of carbonyl (C=O) groups excluding carboxylic acids is 2. The van der Waals surface area contributed by atoms with Gasteiger partial charge < -0.3 is 15.4 Å². The number of ether oxygens (including phenoxy) is 1. The molecule has 0 heterocycles. The molecular formula is C19H22N2O3. The molecule has 2 N–H and O–H groups in total. The highest BCUT2D eigenvalue weighted by Crippen LogP contribution is 2.26. The number of methoxy groups -OCH3 is 1. The van der Waals surface area contributed by atoms with Crippen molar-refractivity contribution in [1.82, 2.24) is 0 Å². The third kappa shape index (κ3) is 4.35. The number of hydrogen-bond donors (Lipinski definition) is 2. The number of nitrogens with one attached hydrogen (secondary N) is 2. The monoisotopic (exact) mass is 326 g/mol. The van der Waals surface area contributed by atoms with Gasteiger partial charge in [-0.25, -0.2) is 0 Å². The Morgan fingerprint density at radius 1 is 1.00 bits per heavy atom. The van der Waals surface area contributed by atoms with E-state index in [1.54, 1.807) is 18.2 Å². The van der Waals surface area contributed by atoms with Gasteiger partial charge in [0.1, 0.15) is 5.75 Å². The first-order chi connectivity index (χ1) is 11.4. The standard InChI is InChI=1S/C19H22N2O3/c1-12(2)14-5-8-16(9-6-14)21-19(23)15-7-10-18(24-4)17(11-15)20-13(3)22/h5-12H,1-4H3,(H,20,22)(H,21,23). The Labute approximate surface area is 142 Å². The Balaban J connectivity index is 2.18. The van der Waals surface area contributed by atoms with E-state index in [9.17, 15) is 9.59 Å². The molecule has 0 fully saturated rings. The Hall–Kier alpha value is -2.82. The van der Waals surface area contributed by atoms with Gasteiger partial charge in [-0.05, 0) is 41.8 Å². The molecule has 0 bridgehead atoms. The summed E-state index contributed by atoms with van der Waals surface area (Å²) < 4.78 is 5.19. The summed E-state index contributed by atoms with van der Waals surface area (Å²) in [5.41, 5.74) is 2.84. The molecule has 0 aliphatic carbocycles. The van der Waals surface area contributed by atoms with Crippen LogP contribution in [0.25, 0.3) is 0 Å². The first kappa shape index (κ1) is 17.5. The van der Waals surface area contributed by atoms with Crippen LogP contribution in [0.2, 0.25) is 0 Å². The first-order valence-corrected chi connectivity index (χ1v) is 7.77. The lowest BCUT2D eigenvalue weighted by molar-refractivity contribution is -0.114. The van der Waals surface area contributed by atoms with Gasteiger partial charge in [-0.3, -0.25) is 9.59 Å². The van der Waals surface area contributed by atoms with Gasteiger partial charge in [0.2, 0.25) is 5.91 Å². The maximum Gasteiger partial charge on any atom is 0.255 e. The van der Waals surface area contributed by atoms with Crippen LogP contribution in [0.1, 0.15) is 42.6 Å². The van der Waals surface area contributed by atoms with Crippen LogP contribution < -0.4 is 15.4 Å². The summed E-state index contributed by atoms with van der Waals surface area (Å²) in [6.45, 7) is 5.64. The summed E-state index contributed by atoms with van der Waals surface area (Å²) in [6, 6.07) is 12.7. The zero-order valence-electron chi connectivity index (χ0n) is 14.3. The first-order valence-electron chi connectivity index (χ1n) is 7.77. The molecule has 0 aliphatic heterocycles. The fourth-order valence-electron chi connectivity index (χ4n) is 2.29. The van der Waals surface area contributed by atoms with Crippen molar-refractivity contribution < 1.29 is 14.3 Å². The van der Waals surface area contributed by atoms with Crippen molar-refractivity contribution in [2.75, 3.05) is 17.7 Å². The molecule has 0 aromatic heterocycles. The molecule has 0 radical (unpaired) electrons. The molecule has 2 aromatic rings. The highest BCUT2D eigenvalue weighted by Gasteiger charge is 2.11. The second-order valence-corrected chi connectivity index (χ2v) is 5.83. The van der Waals surface area contributed by atoms with Crippen LogP contribution >= 0.6 is 0 Å². The summed E-state index contributed by atoms with van der Waals surface area (Å²) in [5, 5.41) is 5.51. The van der Waals surface area contributed by atoms with Crippen LogP contribution in [0.5, 0.6) is 5.75 Å². The van der Waals surface area contributed by atoms with Crippen LogP contribution in [0.3, 0.4) is 0 Å². The van der Waals surface area contributed by atoms with Gasteiger partial charge in [-0.1, -0.05) is 26.0 Å². The summed E-state index contributed by atoms with van der Waals surface area (Å²) in [7, 11) is 1.51. The van der Waals surface area contributed by atoms with E-state index in [2.05, 4.69) is 24.5 Å². The van der Waals surface area contributed by atoms with Crippen molar-refractivity contribution >= 4 is 23.2 Å². The van der Waals surface area contributed by atoms with Crippen LogP contribution in [-0.4, -0.2) is 18.9 Å². The highest BCUT2D eigenvalue weighted by molar-refractivity contribution is 6.05. The number of carbonyl (C=O) groups is 2. The molecule has 2 aromatic carbocycles. The molecule has 5 heteroatoms. The van der Waals surface area contributed by atoms with Gasteiger partial charge in [0.05, 0.1) is 12.8 Å². The molecule has 0 unspecified atom stereocenters. The number of rotatable bonds is 5. The Morgan fingerprint density at radius 3 is 2.21 bits per heavy atom. The second kappa shape index (κ2) is 7.64. The van der Waals surface area contributed by atoms with E-state index >= 15 is 0 Å². The van der Waals surface area contributed by atoms with Crippen LogP contribution in [-0.2, 0) is 4.79 Å². The number of benzene rings is 2. The number of anilines is 2. The quantitative estimate of drug-likeness (QED) is 0.871. The van der Waals surface area contributed by atoms with Crippen molar-refractivity contribution in [1.29, 1.82) is 0 Å². The fourth-order valence-corrected chi connectivity index (χ4v) is 2.29. The third-order valence-corrected chi connectivity index (χ3v) is 3.61. The minimum Gasteiger partial charge on any atom is -0.495 e. The van der Waals surface area contributed by atoms with Crippen molar-refractivity contribution in [2.24, 2.45) is 0 Å². The summed E-state index contributed by atoms with van der Waals surface area (Å²) >= 11 is 0. The molecule has 0 atom stereocenters. The zero-order chi connectivity index (χ0) is 17.7. The van der Waals surface area contributed by atoms with Gasteiger partial charge in [0.15, 0.2) is 0 Å². The van der Waals surface area contributed by atoms with E-state index in [-0.39, 0.29) is 11.8 Å². The Morgan fingerprint density at radius 2 is 1.67 bits per heavy atom. The summed E-state index contributed by atoms with van der Waals surface area (Å²) in [6.07, 6.45) is 0. The van der Waals surface area contributed by atoms with Gasteiger partial charge >= 0.3 is 0 Å². The zero-order valence-corrected chi connectivity index (χ0v) is 14.3. The Bertz CT molecular complexity index is 737. The average Bonchev–Trinajstić information content (AvgIpc) is 2.54. The molecule has 126 valence electrons. The minimum atomic E-state index is -0.249. The lowest BCUT2D eigenvalue weighted by Crippen LogP contribution is -2.13. The maximum atomic E-state index is 12.4. The molecule has 0 saturated carbocycles. The number of amides is 2. The van der Waals surface area contributed by atoms with Gasteiger partial charge in [0, 0.05) is 18.2 Å². The Kier molecular flexibility index (Phi) is 5.58. The van der Waals surface area contributed by atoms with Crippen LogP contribution in [0, 0.1) is 0 Å². The second-order valence-electron chi connectivity index (χ2n) is 5.83. The van der Waals surface area contributed by atoms with Crippen molar-refractivity contribution in [3.8, 4) is 5.75 Å². The minimum absolute atomic E-state index is 0.227. The van der Waals surface area contributed by atoms with E-state index in [1.807, 2.05) is 24.3 Å². The van der Waals surface area contributed by atoms with E-state index in [0.717, 1.165) is 5.69 Å². The molecule has 2 rings (SSSR count). The molecule has 0 spiro atoms. The van der Waals surface area contributed by atoms with Crippen LogP contribution in [0.4, 0.5) is 11.4 Å². The molecule has 0 saturated heterocycles. The van der Waals surface area contributed by atoms with E-state index in [0.29, 0.717) is 22.9 Å². The normalized spacial score (nSPS) is 10.4. The average molecular weight is 326 g/mol. The molecule has 24 heavy (non-hydrogen) atoms. The van der Waals surface area contributed by atoms with Crippen molar-refractivity contribution in [3.05, 3.63) is 53.6 Å². The predicted octanol–water partition coefficient (Wildman–Crippen LogP) is 4.03. The third-order valence-electron chi connectivity index (χ3n) is 3.61. The van der Waals surface area contributed by atoms with Crippen molar-refractivity contribution in [3.63, 3.8) is 0 Å². The van der Waals surface area contributed by atoms with E-state index in [1.165, 1.54) is 19.6 Å². The summed E-state index contributed by atoms with van der Waals surface area (Å²) in [4.78, 5) is 23.7. The maximum absolute atomic E-state index is 12.4. The van der Waals surface area contributed by atoms with Gasteiger partial charge in [-0.2, -0.15) is 0 Å². The highest BCUT2D eigenvalue weighted by atomic mass is 16.5. The SMILES string of the molecule is COc1ccc(C(=O)Nc2ccc(C(C)C)cc2)cc1NC(C)=O. The van der Waals surface area contributed by atoms with Crippen molar-refractivity contribution in [2.45, 2.75) is 26.7 Å².